The minimum Gasteiger partial charge on any atom is -0.480 e. The van der Waals surface area contributed by atoms with E-state index in [0.717, 1.165) is 6.42 Å². The lowest BCUT2D eigenvalue weighted by Crippen LogP contribution is -2.46. The Bertz CT molecular complexity index is 342. The van der Waals surface area contributed by atoms with E-state index >= 15 is 0 Å². The van der Waals surface area contributed by atoms with Gasteiger partial charge in [-0.15, -0.1) is 0 Å². The Balaban J connectivity index is 2.50. The summed E-state index contributed by atoms with van der Waals surface area (Å²) in [6, 6.07) is -0.444. The fraction of sp³-hybridized carbons (Fsp3) is 0.727. The molecule has 0 aliphatic carbocycles. The van der Waals surface area contributed by atoms with Gasteiger partial charge in [-0.05, 0) is 12.8 Å². The molecule has 1 aliphatic heterocycles. The SMILES string of the molecule is CN(C)C(=O)C1CCCN1C(=O)COCC(=O)O. The molecule has 1 fully saturated rings. The Morgan fingerprint density at radius 2 is 2.00 bits per heavy atom. The summed E-state index contributed by atoms with van der Waals surface area (Å²) in [5.41, 5.74) is 0. The van der Waals surface area contributed by atoms with Crippen molar-refractivity contribution in [1.29, 1.82) is 0 Å². The van der Waals surface area contributed by atoms with Gasteiger partial charge in [0.2, 0.25) is 11.8 Å². The molecule has 1 unspecified atom stereocenters. The number of aliphatic carboxylic acids is 1. The Morgan fingerprint density at radius 1 is 1.33 bits per heavy atom. The minimum atomic E-state index is -1.12. The quantitative estimate of drug-likeness (QED) is 0.695. The molecular weight excluding hydrogens is 240 g/mol. The maximum atomic E-state index is 11.8. The second-order valence-electron chi connectivity index (χ2n) is 4.36. The number of likely N-dealkylation sites (tertiary alicyclic amines) is 1. The predicted molar refractivity (Wildman–Crippen MR) is 61.9 cm³/mol. The van der Waals surface area contributed by atoms with Gasteiger partial charge in [0.1, 0.15) is 19.3 Å². The number of carboxylic acids is 1. The van der Waals surface area contributed by atoms with Crippen LogP contribution >= 0.6 is 0 Å². The number of carboxylic acid groups (broad SMARTS) is 1. The van der Waals surface area contributed by atoms with Gasteiger partial charge in [0.05, 0.1) is 0 Å². The van der Waals surface area contributed by atoms with Crippen LogP contribution in [0.3, 0.4) is 0 Å². The van der Waals surface area contributed by atoms with Crippen molar-refractivity contribution in [2.45, 2.75) is 18.9 Å². The number of rotatable bonds is 5. The molecule has 7 heteroatoms. The van der Waals surface area contributed by atoms with Crippen molar-refractivity contribution < 1.29 is 24.2 Å². The van der Waals surface area contributed by atoms with Crippen LogP contribution in [0.5, 0.6) is 0 Å². The van der Waals surface area contributed by atoms with Crippen LogP contribution in [0.1, 0.15) is 12.8 Å². The lowest BCUT2D eigenvalue weighted by Gasteiger charge is -2.26. The first-order valence-corrected chi connectivity index (χ1v) is 5.73. The lowest BCUT2D eigenvalue weighted by molar-refractivity contribution is -0.149. The van der Waals surface area contributed by atoms with Crippen molar-refractivity contribution in [3.05, 3.63) is 0 Å². The molecule has 0 radical (unpaired) electrons. The molecule has 1 saturated heterocycles. The third kappa shape index (κ3) is 3.69. The van der Waals surface area contributed by atoms with E-state index in [1.807, 2.05) is 0 Å². The number of hydrogen-bond donors (Lipinski definition) is 1. The van der Waals surface area contributed by atoms with E-state index in [9.17, 15) is 14.4 Å². The summed E-state index contributed by atoms with van der Waals surface area (Å²) in [5.74, 6) is -1.57. The second-order valence-corrected chi connectivity index (χ2v) is 4.36. The van der Waals surface area contributed by atoms with E-state index in [-0.39, 0.29) is 18.4 Å². The summed E-state index contributed by atoms with van der Waals surface area (Å²) in [6.45, 7) is -0.297. The number of carbonyl (C=O) groups excluding carboxylic acids is 2. The molecule has 1 aliphatic rings. The molecule has 0 aromatic heterocycles. The van der Waals surface area contributed by atoms with Gasteiger partial charge in [-0.2, -0.15) is 0 Å². The largest absolute Gasteiger partial charge is 0.480 e. The van der Waals surface area contributed by atoms with Gasteiger partial charge < -0.3 is 19.6 Å². The Labute approximate surface area is 105 Å². The van der Waals surface area contributed by atoms with E-state index in [0.29, 0.717) is 13.0 Å². The van der Waals surface area contributed by atoms with Crippen molar-refractivity contribution >= 4 is 17.8 Å². The Kier molecular flexibility index (Phi) is 5.08. The van der Waals surface area contributed by atoms with Gasteiger partial charge in [-0.3, -0.25) is 9.59 Å². The molecule has 0 aromatic carbocycles. The van der Waals surface area contributed by atoms with Gasteiger partial charge in [0, 0.05) is 20.6 Å². The molecule has 1 rings (SSSR count). The van der Waals surface area contributed by atoms with E-state index < -0.39 is 18.6 Å². The fourth-order valence-corrected chi connectivity index (χ4v) is 1.93. The van der Waals surface area contributed by atoms with Gasteiger partial charge in [0.25, 0.3) is 0 Å². The number of amides is 2. The second kappa shape index (κ2) is 6.34. The first-order chi connectivity index (χ1) is 8.43. The van der Waals surface area contributed by atoms with Crippen LogP contribution in [-0.4, -0.2) is 72.6 Å². The smallest absolute Gasteiger partial charge is 0.329 e. The molecule has 0 spiro atoms. The molecule has 102 valence electrons. The number of ether oxygens (including phenoxy) is 1. The zero-order valence-corrected chi connectivity index (χ0v) is 10.6. The molecule has 18 heavy (non-hydrogen) atoms. The van der Waals surface area contributed by atoms with Crippen molar-refractivity contribution in [3.8, 4) is 0 Å². The van der Waals surface area contributed by atoms with Crippen molar-refractivity contribution in [1.82, 2.24) is 9.80 Å². The van der Waals surface area contributed by atoms with Gasteiger partial charge >= 0.3 is 5.97 Å². The lowest BCUT2D eigenvalue weighted by atomic mass is 10.2. The molecule has 1 N–H and O–H groups in total. The average molecular weight is 258 g/mol. The first kappa shape index (κ1) is 14.4. The summed E-state index contributed by atoms with van der Waals surface area (Å²) >= 11 is 0. The molecule has 0 bridgehead atoms. The molecule has 2 amide bonds. The topological polar surface area (TPSA) is 87.2 Å². The summed E-state index contributed by atoms with van der Waals surface area (Å²) in [6.07, 6.45) is 1.41. The van der Waals surface area contributed by atoms with Crippen LogP contribution in [0, 0.1) is 0 Å². The van der Waals surface area contributed by atoms with Crippen molar-refractivity contribution in [2.24, 2.45) is 0 Å². The number of hydrogen-bond acceptors (Lipinski definition) is 4. The average Bonchev–Trinajstić information content (AvgIpc) is 2.75. The fourth-order valence-electron chi connectivity index (χ4n) is 1.93. The molecule has 7 nitrogen and oxygen atoms in total. The van der Waals surface area contributed by atoms with Crippen LogP contribution in [0.25, 0.3) is 0 Å². The number of nitrogens with zero attached hydrogens (tertiary/aromatic N) is 2. The third-order valence-electron chi connectivity index (χ3n) is 2.75. The highest BCUT2D eigenvalue weighted by molar-refractivity contribution is 5.88. The van der Waals surface area contributed by atoms with Crippen LogP contribution in [0.2, 0.25) is 0 Å². The standard InChI is InChI=1S/C11H18N2O5/c1-12(2)11(17)8-4-3-5-13(8)9(14)6-18-7-10(15)16/h8H,3-7H2,1-2H3,(H,15,16). The van der Waals surface area contributed by atoms with Crippen LogP contribution in [-0.2, 0) is 19.1 Å². The van der Waals surface area contributed by atoms with Crippen molar-refractivity contribution in [2.75, 3.05) is 33.9 Å². The minimum absolute atomic E-state index is 0.112. The van der Waals surface area contributed by atoms with Crippen molar-refractivity contribution in [3.63, 3.8) is 0 Å². The zero-order valence-electron chi connectivity index (χ0n) is 10.6. The Hall–Kier alpha value is -1.63. The van der Waals surface area contributed by atoms with Gasteiger partial charge in [0.15, 0.2) is 0 Å². The monoisotopic (exact) mass is 258 g/mol. The number of carbonyl (C=O) groups is 3. The van der Waals surface area contributed by atoms with Gasteiger partial charge in [-0.1, -0.05) is 0 Å². The summed E-state index contributed by atoms with van der Waals surface area (Å²) in [5, 5.41) is 8.39. The molecule has 1 heterocycles. The maximum Gasteiger partial charge on any atom is 0.329 e. The zero-order chi connectivity index (χ0) is 13.7. The first-order valence-electron chi connectivity index (χ1n) is 5.73. The normalized spacial score (nSPS) is 18.8. The van der Waals surface area contributed by atoms with E-state index in [1.165, 1.54) is 9.80 Å². The third-order valence-corrected chi connectivity index (χ3v) is 2.75. The maximum absolute atomic E-state index is 11.8. The molecular formula is C11H18N2O5. The summed E-state index contributed by atoms with van der Waals surface area (Å²) in [7, 11) is 3.29. The molecule has 1 atom stereocenters. The van der Waals surface area contributed by atoms with E-state index in [4.69, 9.17) is 9.84 Å². The van der Waals surface area contributed by atoms with E-state index in [2.05, 4.69) is 0 Å². The van der Waals surface area contributed by atoms with Gasteiger partial charge in [-0.25, -0.2) is 4.79 Å². The summed E-state index contributed by atoms with van der Waals surface area (Å²) in [4.78, 5) is 36.8. The Morgan fingerprint density at radius 3 is 2.56 bits per heavy atom. The highest BCUT2D eigenvalue weighted by Gasteiger charge is 2.34. The molecule has 0 aromatic rings. The summed E-state index contributed by atoms with van der Waals surface area (Å²) < 4.78 is 4.74. The van der Waals surface area contributed by atoms with Crippen LogP contribution in [0.15, 0.2) is 0 Å². The highest BCUT2D eigenvalue weighted by atomic mass is 16.5. The van der Waals surface area contributed by atoms with E-state index in [1.54, 1.807) is 14.1 Å². The van der Waals surface area contributed by atoms with Crippen LogP contribution < -0.4 is 0 Å². The molecule has 0 saturated carbocycles. The highest BCUT2D eigenvalue weighted by Crippen LogP contribution is 2.18. The van der Waals surface area contributed by atoms with Crippen LogP contribution in [0.4, 0.5) is 0 Å². The predicted octanol–water partition coefficient (Wildman–Crippen LogP) is -0.833. The number of likely N-dealkylation sites (N-methyl/N-ethyl adjacent to an activating group) is 1.